The number of hydrogen-bond donors (Lipinski definition) is 1. The molecular formula is C23H29N3O2. The van der Waals surface area contributed by atoms with E-state index in [-0.39, 0.29) is 11.9 Å². The molecule has 2 aromatic carbocycles. The van der Waals surface area contributed by atoms with Crippen molar-refractivity contribution in [2.24, 2.45) is 0 Å². The normalized spacial score (nSPS) is 14.0. The van der Waals surface area contributed by atoms with E-state index in [1.165, 1.54) is 11.1 Å². The number of piperazine rings is 1. The fourth-order valence-electron chi connectivity index (χ4n) is 3.40. The summed E-state index contributed by atoms with van der Waals surface area (Å²) in [5, 5.41) is 2.95. The highest BCUT2D eigenvalue weighted by atomic mass is 16.2. The van der Waals surface area contributed by atoms with Crippen LogP contribution in [0.1, 0.15) is 30.0 Å². The lowest BCUT2D eigenvalue weighted by atomic mass is 10.1. The molecule has 1 heterocycles. The maximum atomic E-state index is 12.5. The van der Waals surface area contributed by atoms with Crippen molar-refractivity contribution in [3.05, 3.63) is 71.3 Å². The summed E-state index contributed by atoms with van der Waals surface area (Å²) in [5.74, 6) is 0.170. The second-order valence-electron chi connectivity index (χ2n) is 7.18. The second kappa shape index (κ2) is 9.93. The summed E-state index contributed by atoms with van der Waals surface area (Å²) in [6, 6.07) is 18.3. The zero-order chi connectivity index (χ0) is 19.8. The summed E-state index contributed by atoms with van der Waals surface area (Å²) >= 11 is 0. The Morgan fingerprint density at radius 1 is 0.821 bits per heavy atom. The molecule has 1 fully saturated rings. The summed E-state index contributed by atoms with van der Waals surface area (Å²) in [6.07, 6.45) is 2.31. The van der Waals surface area contributed by atoms with Gasteiger partial charge in [0.05, 0.1) is 0 Å². The molecule has 5 heteroatoms. The minimum absolute atomic E-state index is 0.0630. The number of aryl methyl sites for hydroxylation is 2. The van der Waals surface area contributed by atoms with Crippen molar-refractivity contribution < 1.29 is 9.59 Å². The lowest BCUT2D eigenvalue weighted by Gasteiger charge is -2.34. The first-order valence-corrected chi connectivity index (χ1v) is 10.1. The first-order valence-electron chi connectivity index (χ1n) is 10.1. The molecule has 1 aliphatic heterocycles. The molecule has 28 heavy (non-hydrogen) atoms. The van der Waals surface area contributed by atoms with Gasteiger partial charge in [0.2, 0.25) is 5.91 Å². The highest BCUT2D eigenvalue weighted by Crippen LogP contribution is 2.10. The molecule has 0 aliphatic carbocycles. The summed E-state index contributed by atoms with van der Waals surface area (Å²) in [5.41, 5.74) is 3.60. The van der Waals surface area contributed by atoms with E-state index in [4.69, 9.17) is 0 Å². The Morgan fingerprint density at radius 2 is 1.43 bits per heavy atom. The number of rotatable bonds is 6. The van der Waals surface area contributed by atoms with Crippen molar-refractivity contribution in [3.8, 4) is 0 Å². The summed E-state index contributed by atoms with van der Waals surface area (Å²) in [7, 11) is 0. The molecule has 0 aromatic heterocycles. The molecular weight excluding hydrogens is 350 g/mol. The third kappa shape index (κ3) is 5.59. The van der Waals surface area contributed by atoms with Gasteiger partial charge < -0.3 is 15.1 Å². The smallest absolute Gasteiger partial charge is 0.317 e. The standard InChI is InChI=1S/C23H29N3O2/c1-2-19-8-10-20(11-9-19)12-13-22(27)25-14-16-26(17-15-25)23(28)24-18-21-6-4-3-5-7-21/h3-11H,2,12-18H2,1H3,(H,24,28). The van der Waals surface area contributed by atoms with Gasteiger partial charge in [-0.3, -0.25) is 4.79 Å². The van der Waals surface area contributed by atoms with Crippen LogP contribution in [0, 0.1) is 0 Å². The Balaban J connectivity index is 1.38. The minimum Gasteiger partial charge on any atom is -0.339 e. The predicted molar refractivity (Wildman–Crippen MR) is 111 cm³/mol. The van der Waals surface area contributed by atoms with Crippen LogP contribution < -0.4 is 5.32 Å². The quantitative estimate of drug-likeness (QED) is 0.838. The molecule has 0 saturated carbocycles. The number of amides is 3. The van der Waals surface area contributed by atoms with Gasteiger partial charge in [0.1, 0.15) is 0 Å². The molecule has 5 nitrogen and oxygen atoms in total. The molecule has 3 amide bonds. The number of nitrogens with one attached hydrogen (secondary N) is 1. The molecule has 0 spiro atoms. The second-order valence-corrected chi connectivity index (χ2v) is 7.18. The van der Waals surface area contributed by atoms with Gasteiger partial charge >= 0.3 is 6.03 Å². The van der Waals surface area contributed by atoms with E-state index in [0.717, 1.165) is 18.4 Å². The number of benzene rings is 2. The van der Waals surface area contributed by atoms with Crippen LogP contribution in [0.25, 0.3) is 0 Å². The maximum absolute atomic E-state index is 12.5. The number of carbonyl (C=O) groups excluding carboxylic acids is 2. The van der Waals surface area contributed by atoms with Crippen LogP contribution in [0.15, 0.2) is 54.6 Å². The highest BCUT2D eigenvalue weighted by molar-refractivity contribution is 5.78. The first kappa shape index (κ1) is 19.9. The molecule has 0 radical (unpaired) electrons. The van der Waals surface area contributed by atoms with Crippen LogP contribution >= 0.6 is 0 Å². The van der Waals surface area contributed by atoms with Gasteiger partial charge in [-0.15, -0.1) is 0 Å². The Hall–Kier alpha value is -2.82. The predicted octanol–water partition coefficient (Wildman–Crippen LogP) is 3.24. The van der Waals surface area contributed by atoms with Crippen LogP contribution in [-0.2, 0) is 24.2 Å². The van der Waals surface area contributed by atoms with Gasteiger partial charge in [-0.25, -0.2) is 4.79 Å². The number of hydrogen-bond acceptors (Lipinski definition) is 2. The topological polar surface area (TPSA) is 52.7 Å². The Labute approximate surface area is 167 Å². The average molecular weight is 380 g/mol. The van der Waals surface area contributed by atoms with Crippen molar-refractivity contribution in [2.75, 3.05) is 26.2 Å². The first-order chi connectivity index (χ1) is 13.7. The molecule has 0 bridgehead atoms. The molecule has 1 N–H and O–H groups in total. The Morgan fingerprint density at radius 3 is 2.07 bits per heavy atom. The summed E-state index contributed by atoms with van der Waals surface area (Å²) in [6.45, 7) is 5.03. The molecule has 148 valence electrons. The monoisotopic (exact) mass is 379 g/mol. The van der Waals surface area contributed by atoms with Gasteiger partial charge in [-0.1, -0.05) is 61.5 Å². The van der Waals surface area contributed by atoms with E-state index in [9.17, 15) is 9.59 Å². The third-order valence-electron chi connectivity index (χ3n) is 5.26. The minimum atomic E-state index is -0.0630. The van der Waals surface area contributed by atoms with Crippen LogP contribution in [0.4, 0.5) is 4.79 Å². The fraction of sp³-hybridized carbons (Fsp3) is 0.391. The Bertz CT molecular complexity index is 766. The fourth-order valence-corrected chi connectivity index (χ4v) is 3.40. The van der Waals surface area contributed by atoms with Crippen molar-refractivity contribution >= 4 is 11.9 Å². The SMILES string of the molecule is CCc1ccc(CCC(=O)N2CCN(C(=O)NCc3ccccc3)CC2)cc1. The highest BCUT2D eigenvalue weighted by Gasteiger charge is 2.23. The largest absolute Gasteiger partial charge is 0.339 e. The van der Waals surface area contributed by atoms with E-state index in [1.54, 1.807) is 4.90 Å². The van der Waals surface area contributed by atoms with Gasteiger partial charge in [-0.05, 0) is 29.5 Å². The van der Waals surface area contributed by atoms with E-state index in [1.807, 2.05) is 35.2 Å². The molecule has 0 unspecified atom stereocenters. The number of nitrogens with zero attached hydrogens (tertiary/aromatic N) is 2. The van der Waals surface area contributed by atoms with Gasteiger partial charge in [-0.2, -0.15) is 0 Å². The lowest BCUT2D eigenvalue weighted by molar-refractivity contribution is -0.132. The van der Waals surface area contributed by atoms with Crippen molar-refractivity contribution in [3.63, 3.8) is 0 Å². The molecule has 0 atom stereocenters. The van der Waals surface area contributed by atoms with Gasteiger partial charge in [0.25, 0.3) is 0 Å². The van der Waals surface area contributed by atoms with E-state index in [0.29, 0.717) is 39.1 Å². The molecule has 1 saturated heterocycles. The van der Waals surface area contributed by atoms with Crippen LogP contribution in [0.2, 0.25) is 0 Å². The third-order valence-corrected chi connectivity index (χ3v) is 5.26. The maximum Gasteiger partial charge on any atom is 0.317 e. The number of urea groups is 1. The van der Waals surface area contributed by atoms with Gasteiger partial charge in [0, 0.05) is 39.1 Å². The van der Waals surface area contributed by atoms with Gasteiger partial charge in [0.15, 0.2) is 0 Å². The molecule has 3 rings (SSSR count). The van der Waals surface area contributed by atoms with Crippen molar-refractivity contribution in [1.82, 2.24) is 15.1 Å². The van der Waals surface area contributed by atoms with Crippen LogP contribution in [0.5, 0.6) is 0 Å². The average Bonchev–Trinajstić information content (AvgIpc) is 2.77. The van der Waals surface area contributed by atoms with E-state index < -0.39 is 0 Å². The van der Waals surface area contributed by atoms with E-state index in [2.05, 4.69) is 36.5 Å². The number of carbonyl (C=O) groups is 2. The molecule has 2 aromatic rings. The Kier molecular flexibility index (Phi) is 7.06. The van der Waals surface area contributed by atoms with Crippen molar-refractivity contribution in [2.45, 2.75) is 32.7 Å². The summed E-state index contributed by atoms with van der Waals surface area (Å²) < 4.78 is 0. The van der Waals surface area contributed by atoms with Crippen molar-refractivity contribution in [1.29, 1.82) is 0 Å². The van der Waals surface area contributed by atoms with Crippen LogP contribution in [-0.4, -0.2) is 47.9 Å². The summed E-state index contributed by atoms with van der Waals surface area (Å²) in [4.78, 5) is 28.5. The van der Waals surface area contributed by atoms with Crippen LogP contribution in [0.3, 0.4) is 0 Å². The zero-order valence-electron chi connectivity index (χ0n) is 16.6. The van der Waals surface area contributed by atoms with E-state index >= 15 is 0 Å². The zero-order valence-corrected chi connectivity index (χ0v) is 16.6. The molecule has 1 aliphatic rings. The lowest BCUT2D eigenvalue weighted by Crippen LogP contribution is -2.53.